The maximum atomic E-state index is 3.84. The summed E-state index contributed by atoms with van der Waals surface area (Å²) in [4.78, 5) is 3.31. The molecule has 0 amide bonds. The zero-order valence-corrected chi connectivity index (χ0v) is 12.1. The second kappa shape index (κ2) is 6.90. The Balaban J connectivity index is 2.34. The lowest BCUT2D eigenvalue weighted by Gasteiger charge is -2.36. The highest BCUT2D eigenvalue weighted by atomic mass is 79.9. The Kier molecular flexibility index (Phi) is 6.21. The van der Waals surface area contributed by atoms with Crippen LogP contribution < -0.4 is 0 Å². The van der Waals surface area contributed by atoms with Crippen molar-refractivity contribution >= 4 is 15.9 Å². The fraction of sp³-hybridized carbons (Fsp3) is 1.00. The lowest BCUT2D eigenvalue weighted by molar-refractivity contribution is 0.174. The molecule has 0 radical (unpaired) electrons. The van der Waals surface area contributed by atoms with Crippen LogP contribution >= 0.6 is 15.9 Å². The SMILES string of the molecule is CCCC(C)CN(C)C1CCCCC1Br. The normalized spacial score (nSPS) is 29.4. The first-order valence-corrected chi connectivity index (χ1v) is 7.41. The summed E-state index contributed by atoms with van der Waals surface area (Å²) in [6, 6.07) is 0.776. The molecule has 1 nitrogen and oxygen atoms in total. The average Bonchev–Trinajstić information content (AvgIpc) is 2.18. The van der Waals surface area contributed by atoms with E-state index in [1.165, 1.54) is 45.1 Å². The molecule has 1 saturated carbocycles. The number of rotatable bonds is 5. The smallest absolute Gasteiger partial charge is 0.0301 e. The Bertz CT molecular complexity index is 172. The summed E-state index contributed by atoms with van der Waals surface area (Å²) in [6.07, 6.45) is 8.24. The van der Waals surface area contributed by atoms with Gasteiger partial charge in [-0.15, -0.1) is 0 Å². The topological polar surface area (TPSA) is 3.24 Å². The molecule has 1 aliphatic rings. The third kappa shape index (κ3) is 4.44. The highest BCUT2D eigenvalue weighted by Gasteiger charge is 2.26. The van der Waals surface area contributed by atoms with Crippen molar-refractivity contribution in [1.82, 2.24) is 4.90 Å². The molecule has 1 rings (SSSR count). The molecule has 0 bridgehead atoms. The number of alkyl halides is 1. The number of halogens is 1. The molecule has 2 heteroatoms. The summed E-state index contributed by atoms with van der Waals surface area (Å²) >= 11 is 3.84. The van der Waals surface area contributed by atoms with Crippen LogP contribution in [-0.4, -0.2) is 29.4 Å². The molecule has 0 N–H and O–H groups in total. The van der Waals surface area contributed by atoms with Crippen molar-refractivity contribution in [1.29, 1.82) is 0 Å². The van der Waals surface area contributed by atoms with Crippen molar-refractivity contribution in [3.05, 3.63) is 0 Å². The molecule has 0 aliphatic heterocycles. The second-order valence-corrected chi connectivity index (χ2v) is 6.38. The van der Waals surface area contributed by atoms with Crippen LogP contribution in [0.5, 0.6) is 0 Å². The lowest BCUT2D eigenvalue weighted by Crippen LogP contribution is -2.42. The van der Waals surface area contributed by atoms with Gasteiger partial charge in [0, 0.05) is 17.4 Å². The average molecular weight is 276 g/mol. The van der Waals surface area contributed by atoms with E-state index >= 15 is 0 Å². The number of nitrogens with zero attached hydrogens (tertiary/aromatic N) is 1. The van der Waals surface area contributed by atoms with Gasteiger partial charge >= 0.3 is 0 Å². The van der Waals surface area contributed by atoms with E-state index in [1.807, 2.05) is 0 Å². The van der Waals surface area contributed by atoms with Gasteiger partial charge in [-0.05, 0) is 32.2 Å². The van der Waals surface area contributed by atoms with Gasteiger partial charge in [0.15, 0.2) is 0 Å². The van der Waals surface area contributed by atoms with Crippen LogP contribution in [-0.2, 0) is 0 Å². The first-order chi connectivity index (χ1) is 7.15. The quantitative estimate of drug-likeness (QED) is 0.684. The molecule has 0 aromatic heterocycles. The third-order valence-corrected chi connectivity index (χ3v) is 4.66. The summed E-state index contributed by atoms with van der Waals surface area (Å²) in [5.41, 5.74) is 0. The van der Waals surface area contributed by atoms with E-state index in [4.69, 9.17) is 0 Å². The van der Waals surface area contributed by atoms with E-state index in [0.29, 0.717) is 0 Å². The van der Waals surface area contributed by atoms with Crippen LogP contribution in [0.1, 0.15) is 52.4 Å². The Hall–Kier alpha value is 0.440. The minimum Gasteiger partial charge on any atom is -0.302 e. The third-order valence-electron chi connectivity index (χ3n) is 3.59. The molecular weight excluding hydrogens is 250 g/mol. The van der Waals surface area contributed by atoms with Gasteiger partial charge in [-0.3, -0.25) is 0 Å². The van der Waals surface area contributed by atoms with Crippen molar-refractivity contribution in [2.75, 3.05) is 13.6 Å². The molecule has 0 heterocycles. The fourth-order valence-electron chi connectivity index (χ4n) is 2.77. The molecule has 0 saturated heterocycles. The minimum absolute atomic E-state index is 0.727. The van der Waals surface area contributed by atoms with Crippen molar-refractivity contribution in [3.63, 3.8) is 0 Å². The zero-order chi connectivity index (χ0) is 11.3. The molecule has 3 unspecified atom stereocenters. The number of hydrogen-bond donors (Lipinski definition) is 0. The van der Waals surface area contributed by atoms with Crippen LogP contribution in [0.3, 0.4) is 0 Å². The van der Waals surface area contributed by atoms with Gasteiger partial charge in [0.05, 0.1) is 0 Å². The summed E-state index contributed by atoms with van der Waals surface area (Å²) in [7, 11) is 2.30. The number of hydrogen-bond acceptors (Lipinski definition) is 1. The molecule has 0 spiro atoms. The van der Waals surface area contributed by atoms with Gasteiger partial charge in [0.1, 0.15) is 0 Å². The monoisotopic (exact) mass is 275 g/mol. The summed E-state index contributed by atoms with van der Waals surface area (Å²) in [5, 5.41) is 0. The Morgan fingerprint density at radius 1 is 1.33 bits per heavy atom. The Morgan fingerprint density at radius 3 is 2.60 bits per heavy atom. The highest BCUT2D eigenvalue weighted by Crippen LogP contribution is 2.28. The van der Waals surface area contributed by atoms with Crippen LogP contribution in [0, 0.1) is 5.92 Å². The van der Waals surface area contributed by atoms with E-state index in [2.05, 4.69) is 41.7 Å². The summed E-state index contributed by atoms with van der Waals surface area (Å²) in [6.45, 7) is 5.93. The van der Waals surface area contributed by atoms with Crippen LogP contribution in [0.4, 0.5) is 0 Å². The maximum absolute atomic E-state index is 3.84. The first-order valence-electron chi connectivity index (χ1n) is 6.49. The predicted molar refractivity (Wildman–Crippen MR) is 71.7 cm³/mol. The fourth-order valence-corrected chi connectivity index (χ4v) is 3.77. The molecule has 3 atom stereocenters. The van der Waals surface area contributed by atoms with Crippen molar-refractivity contribution in [2.45, 2.75) is 63.2 Å². The molecule has 0 aromatic carbocycles. The largest absolute Gasteiger partial charge is 0.302 e. The van der Waals surface area contributed by atoms with Crippen LogP contribution in [0.25, 0.3) is 0 Å². The molecule has 1 fully saturated rings. The second-order valence-electron chi connectivity index (χ2n) is 5.20. The maximum Gasteiger partial charge on any atom is 0.0301 e. The van der Waals surface area contributed by atoms with Crippen LogP contribution in [0.2, 0.25) is 0 Å². The highest BCUT2D eigenvalue weighted by molar-refractivity contribution is 9.09. The van der Waals surface area contributed by atoms with Gasteiger partial charge in [-0.2, -0.15) is 0 Å². The zero-order valence-electron chi connectivity index (χ0n) is 10.5. The van der Waals surface area contributed by atoms with E-state index < -0.39 is 0 Å². The molecule has 15 heavy (non-hydrogen) atoms. The van der Waals surface area contributed by atoms with Crippen LogP contribution in [0.15, 0.2) is 0 Å². The van der Waals surface area contributed by atoms with E-state index in [1.54, 1.807) is 0 Å². The van der Waals surface area contributed by atoms with E-state index in [-0.39, 0.29) is 0 Å². The van der Waals surface area contributed by atoms with Crippen molar-refractivity contribution in [3.8, 4) is 0 Å². The van der Waals surface area contributed by atoms with E-state index in [9.17, 15) is 0 Å². The van der Waals surface area contributed by atoms with Gasteiger partial charge in [-0.25, -0.2) is 0 Å². The Morgan fingerprint density at radius 2 is 2.00 bits per heavy atom. The van der Waals surface area contributed by atoms with Crippen molar-refractivity contribution < 1.29 is 0 Å². The molecular formula is C13H26BrN. The Labute approximate surface area is 104 Å². The van der Waals surface area contributed by atoms with E-state index in [0.717, 1.165) is 16.8 Å². The lowest BCUT2D eigenvalue weighted by atomic mass is 9.93. The van der Waals surface area contributed by atoms with Gasteiger partial charge in [0.2, 0.25) is 0 Å². The summed E-state index contributed by atoms with van der Waals surface area (Å²) < 4.78 is 0. The molecule has 0 aromatic rings. The first kappa shape index (κ1) is 13.5. The van der Waals surface area contributed by atoms with Gasteiger partial charge in [0.25, 0.3) is 0 Å². The summed E-state index contributed by atoms with van der Waals surface area (Å²) in [5.74, 6) is 0.849. The van der Waals surface area contributed by atoms with Crippen molar-refractivity contribution in [2.24, 2.45) is 5.92 Å². The molecule has 90 valence electrons. The standard InChI is InChI=1S/C13H26BrN/c1-4-7-11(2)10-15(3)13-9-6-5-8-12(13)14/h11-13H,4-10H2,1-3H3. The van der Waals surface area contributed by atoms with Gasteiger partial charge < -0.3 is 4.90 Å². The molecule has 1 aliphatic carbocycles. The minimum atomic E-state index is 0.727. The predicted octanol–water partition coefficient (Wildman–Crippen LogP) is 4.06. The van der Waals surface area contributed by atoms with Gasteiger partial charge in [-0.1, -0.05) is 49.0 Å².